The lowest BCUT2D eigenvalue weighted by atomic mass is 10.1. The first-order chi connectivity index (χ1) is 13.3. The highest BCUT2D eigenvalue weighted by Gasteiger charge is 2.22. The van der Waals surface area contributed by atoms with Crippen LogP contribution in [0.2, 0.25) is 0 Å². The summed E-state index contributed by atoms with van der Waals surface area (Å²) in [6.07, 6.45) is 16.5. The Hall–Kier alpha value is -0.860. The average Bonchev–Trinajstić information content (AvgIpc) is 2.67. The number of nitrogens with zero attached hydrogens (tertiary/aromatic N) is 2. The van der Waals surface area contributed by atoms with Crippen LogP contribution in [0.3, 0.4) is 0 Å². The van der Waals surface area contributed by atoms with Gasteiger partial charge in [-0.25, -0.2) is 0 Å². The molecule has 0 aromatic heterocycles. The van der Waals surface area contributed by atoms with Crippen LogP contribution in [-0.2, 0) is 0 Å². The van der Waals surface area contributed by atoms with Crippen LogP contribution in [0.4, 0.5) is 11.4 Å². The molecule has 0 N–H and O–H groups in total. The van der Waals surface area contributed by atoms with E-state index in [2.05, 4.69) is 66.3 Å². The lowest BCUT2D eigenvalue weighted by Gasteiger charge is -2.32. The van der Waals surface area contributed by atoms with Crippen LogP contribution in [0.15, 0.2) is 24.3 Å². The number of quaternary nitrogens is 2. The van der Waals surface area contributed by atoms with Gasteiger partial charge in [0.15, 0.2) is 0 Å². The van der Waals surface area contributed by atoms with Crippen molar-refractivity contribution < 1.29 is 0 Å². The summed E-state index contributed by atoms with van der Waals surface area (Å²) in [5, 5.41) is 0. The van der Waals surface area contributed by atoms with Crippen LogP contribution in [0.25, 0.3) is 0 Å². The molecule has 0 radical (unpaired) electrons. The molecule has 1 rings (SSSR count). The van der Waals surface area contributed by atoms with Gasteiger partial charge in [0.25, 0.3) is 0 Å². The van der Waals surface area contributed by atoms with Gasteiger partial charge in [-0.2, -0.15) is 0 Å². The smallest absolute Gasteiger partial charge is 0.132 e. The number of rotatable bonds is 16. The highest BCUT2D eigenvalue weighted by atomic mass is 15.3. The minimum Gasteiger partial charge on any atom is -0.296 e. The first-order valence-electron chi connectivity index (χ1n) is 12.1. The van der Waals surface area contributed by atoms with Gasteiger partial charge < -0.3 is 0 Å². The predicted molar refractivity (Wildman–Crippen MR) is 130 cm³/mol. The zero-order valence-corrected chi connectivity index (χ0v) is 20.1. The van der Waals surface area contributed by atoms with Gasteiger partial charge in [-0.05, 0) is 25.7 Å². The molecule has 0 spiro atoms. The summed E-state index contributed by atoms with van der Waals surface area (Å²) in [5.74, 6) is 0. The largest absolute Gasteiger partial charge is 0.296 e. The Bertz CT molecular complexity index is 455. The normalized spacial score (nSPS) is 12.5. The molecule has 0 saturated heterocycles. The molecule has 1 aromatic carbocycles. The molecular weight excluding hydrogens is 340 g/mol. The molecule has 0 aliphatic rings. The fraction of sp³-hybridized carbons (Fsp3) is 0.769. The summed E-state index contributed by atoms with van der Waals surface area (Å²) in [4.78, 5) is 0. The van der Waals surface area contributed by atoms with Gasteiger partial charge in [-0.3, -0.25) is 8.97 Å². The number of benzene rings is 1. The van der Waals surface area contributed by atoms with Gasteiger partial charge in [0, 0.05) is 24.3 Å². The molecule has 162 valence electrons. The van der Waals surface area contributed by atoms with Crippen LogP contribution < -0.4 is 8.97 Å². The van der Waals surface area contributed by atoms with Crippen LogP contribution in [-0.4, -0.2) is 41.3 Å². The molecule has 0 heterocycles. The molecule has 1 aromatic rings. The van der Waals surface area contributed by atoms with Crippen molar-refractivity contribution in [3.05, 3.63) is 24.3 Å². The topological polar surface area (TPSA) is 0 Å². The van der Waals surface area contributed by atoms with E-state index in [0.29, 0.717) is 0 Å². The van der Waals surface area contributed by atoms with E-state index >= 15 is 0 Å². The molecule has 0 aliphatic carbocycles. The van der Waals surface area contributed by atoms with Crippen LogP contribution in [0.5, 0.6) is 0 Å². The molecular formula is C26H50N2+2. The highest BCUT2D eigenvalue weighted by molar-refractivity contribution is 5.52. The van der Waals surface area contributed by atoms with Crippen molar-refractivity contribution in [1.29, 1.82) is 0 Å². The van der Waals surface area contributed by atoms with Gasteiger partial charge in [0.1, 0.15) is 11.4 Å². The van der Waals surface area contributed by atoms with Gasteiger partial charge in [0.05, 0.1) is 41.3 Å². The Morgan fingerprint density at radius 1 is 0.464 bits per heavy atom. The Labute approximate surface area is 177 Å². The van der Waals surface area contributed by atoms with Crippen molar-refractivity contribution in [2.75, 3.05) is 41.3 Å². The molecule has 0 fully saturated rings. The maximum absolute atomic E-state index is 2.37. The Morgan fingerprint density at radius 2 is 0.750 bits per heavy atom. The minimum absolute atomic E-state index is 0.999. The van der Waals surface area contributed by atoms with Crippen LogP contribution in [0, 0.1) is 0 Å². The van der Waals surface area contributed by atoms with Gasteiger partial charge >= 0.3 is 0 Å². The second kappa shape index (κ2) is 13.4. The number of hydrogen-bond donors (Lipinski definition) is 0. The Morgan fingerprint density at radius 3 is 1.07 bits per heavy atom. The summed E-state index contributed by atoms with van der Waals surface area (Å²) in [6, 6.07) is 9.47. The molecule has 0 saturated carbocycles. The zero-order chi connectivity index (χ0) is 20.9. The van der Waals surface area contributed by atoms with Crippen molar-refractivity contribution in [1.82, 2.24) is 8.97 Å². The third-order valence-electron chi connectivity index (χ3n) is 6.39. The van der Waals surface area contributed by atoms with Crippen LogP contribution in [0.1, 0.15) is 90.9 Å². The molecule has 0 amide bonds. The van der Waals surface area contributed by atoms with Gasteiger partial charge in [-0.15, -0.1) is 0 Å². The van der Waals surface area contributed by atoms with Crippen molar-refractivity contribution >= 4 is 11.4 Å². The van der Waals surface area contributed by atoms with Crippen molar-refractivity contribution in [2.24, 2.45) is 0 Å². The second-order valence-corrected chi connectivity index (χ2v) is 9.87. The van der Waals surface area contributed by atoms with E-state index in [1.54, 1.807) is 0 Å². The summed E-state index contributed by atoms with van der Waals surface area (Å²) >= 11 is 0. The maximum atomic E-state index is 2.37. The predicted octanol–water partition coefficient (Wildman–Crippen LogP) is 7.54. The quantitative estimate of drug-likeness (QED) is 0.202. The molecule has 0 atom stereocenters. The molecule has 0 unspecified atom stereocenters. The summed E-state index contributed by atoms with van der Waals surface area (Å²) in [7, 11) is 9.43. The van der Waals surface area contributed by atoms with E-state index in [1.807, 2.05) is 0 Å². The van der Waals surface area contributed by atoms with E-state index in [1.165, 1.54) is 102 Å². The summed E-state index contributed by atoms with van der Waals surface area (Å²) < 4.78 is 2.00. The van der Waals surface area contributed by atoms with Gasteiger partial charge in [0.2, 0.25) is 0 Å². The summed E-state index contributed by atoms with van der Waals surface area (Å²) in [5.41, 5.74) is 2.88. The average molecular weight is 391 g/mol. The van der Waals surface area contributed by atoms with E-state index in [-0.39, 0.29) is 0 Å². The molecule has 0 bridgehead atoms. The fourth-order valence-electron chi connectivity index (χ4n) is 4.09. The lowest BCUT2D eigenvalue weighted by Crippen LogP contribution is -2.42. The zero-order valence-electron chi connectivity index (χ0n) is 20.1. The third-order valence-corrected chi connectivity index (χ3v) is 6.39. The second-order valence-electron chi connectivity index (χ2n) is 9.87. The van der Waals surface area contributed by atoms with Crippen LogP contribution >= 0.6 is 0 Å². The standard InChI is InChI=1S/C26H50N2/c1-7-9-11-13-15-17-23-27(3,4)25-19-21-26(22-20-25)28(5,6)24-18-16-14-12-10-8-2/h19-22H,7-18,23-24H2,1-6H3/q+2. The summed E-state index contributed by atoms with van der Waals surface area (Å²) in [6.45, 7) is 7.05. The van der Waals surface area contributed by atoms with Gasteiger partial charge in [-0.1, -0.05) is 65.2 Å². The van der Waals surface area contributed by atoms with Crippen molar-refractivity contribution in [3.63, 3.8) is 0 Å². The maximum Gasteiger partial charge on any atom is 0.132 e. The first-order valence-corrected chi connectivity index (χ1v) is 12.1. The Balaban J connectivity index is 2.46. The van der Waals surface area contributed by atoms with E-state index in [9.17, 15) is 0 Å². The molecule has 2 nitrogen and oxygen atoms in total. The highest BCUT2D eigenvalue weighted by Crippen LogP contribution is 2.27. The van der Waals surface area contributed by atoms with Crippen molar-refractivity contribution in [2.45, 2.75) is 90.9 Å². The number of unbranched alkanes of at least 4 members (excludes halogenated alkanes) is 10. The first kappa shape index (κ1) is 25.2. The molecule has 2 heteroatoms. The minimum atomic E-state index is 0.999. The van der Waals surface area contributed by atoms with E-state index < -0.39 is 0 Å². The van der Waals surface area contributed by atoms with Crippen molar-refractivity contribution in [3.8, 4) is 0 Å². The number of hydrogen-bond acceptors (Lipinski definition) is 0. The molecule has 0 aliphatic heterocycles. The molecule has 28 heavy (non-hydrogen) atoms. The monoisotopic (exact) mass is 390 g/mol. The SMILES string of the molecule is CCCCCCCC[N+](C)(C)c1ccc([N+](C)(C)CCCCCCCC)cc1. The third kappa shape index (κ3) is 9.56. The van der Waals surface area contributed by atoms with E-state index in [4.69, 9.17) is 0 Å². The lowest BCUT2D eigenvalue weighted by molar-refractivity contribution is 0.375. The fourth-order valence-corrected chi connectivity index (χ4v) is 4.09. The Kier molecular flexibility index (Phi) is 12.0. The van der Waals surface area contributed by atoms with E-state index in [0.717, 1.165) is 8.97 Å².